The molecule has 0 spiro atoms. The van der Waals surface area contributed by atoms with Crippen molar-refractivity contribution in [1.82, 2.24) is 10.2 Å². The summed E-state index contributed by atoms with van der Waals surface area (Å²) in [5.74, 6) is 0.0875. The van der Waals surface area contributed by atoms with Crippen LogP contribution in [0.15, 0.2) is 0 Å². The van der Waals surface area contributed by atoms with Crippen LogP contribution in [-0.4, -0.2) is 36.5 Å². The number of carbonyl (C=O) groups is 1. The molecule has 1 aliphatic carbocycles. The summed E-state index contributed by atoms with van der Waals surface area (Å²) in [7, 11) is 0. The van der Waals surface area contributed by atoms with Gasteiger partial charge in [-0.1, -0.05) is 32.6 Å². The molecule has 0 aliphatic heterocycles. The minimum Gasteiger partial charge on any atom is -0.352 e. The van der Waals surface area contributed by atoms with Crippen LogP contribution in [0.5, 0.6) is 0 Å². The first-order valence-electron chi connectivity index (χ1n) is 7.57. The van der Waals surface area contributed by atoms with Crippen molar-refractivity contribution < 1.29 is 4.79 Å². The number of likely N-dealkylation sites (N-methyl/N-ethyl adjacent to an activating group) is 1. The standard InChI is InChI=1S/C15H27N3O/c1-3-18(11-13(2)10-16)12-15(19)17-14-8-6-4-5-7-9-14/h13-14H,3-9,11-12H2,1-2H3,(H,17,19). The smallest absolute Gasteiger partial charge is 0.234 e. The lowest BCUT2D eigenvalue weighted by Crippen LogP contribution is -2.43. The molecule has 0 radical (unpaired) electrons. The molecule has 19 heavy (non-hydrogen) atoms. The lowest BCUT2D eigenvalue weighted by molar-refractivity contribution is -0.123. The highest BCUT2D eigenvalue weighted by atomic mass is 16.2. The van der Waals surface area contributed by atoms with E-state index in [2.05, 4.69) is 11.4 Å². The van der Waals surface area contributed by atoms with E-state index in [-0.39, 0.29) is 11.8 Å². The van der Waals surface area contributed by atoms with Crippen LogP contribution in [0.25, 0.3) is 0 Å². The van der Waals surface area contributed by atoms with Gasteiger partial charge in [-0.2, -0.15) is 5.26 Å². The van der Waals surface area contributed by atoms with Gasteiger partial charge < -0.3 is 5.32 Å². The van der Waals surface area contributed by atoms with Gasteiger partial charge in [0.2, 0.25) is 5.91 Å². The van der Waals surface area contributed by atoms with Crippen LogP contribution >= 0.6 is 0 Å². The van der Waals surface area contributed by atoms with E-state index in [0.717, 1.165) is 19.4 Å². The van der Waals surface area contributed by atoms with Gasteiger partial charge in [-0.3, -0.25) is 9.69 Å². The Morgan fingerprint density at radius 3 is 2.53 bits per heavy atom. The third-order valence-electron chi connectivity index (χ3n) is 3.79. The predicted molar refractivity (Wildman–Crippen MR) is 76.5 cm³/mol. The number of nitrogens with one attached hydrogen (secondary N) is 1. The number of amides is 1. The molecule has 1 aliphatic rings. The number of nitriles is 1. The first kappa shape index (κ1) is 16.0. The van der Waals surface area contributed by atoms with Gasteiger partial charge in [-0.25, -0.2) is 0 Å². The molecule has 0 aromatic carbocycles. The fourth-order valence-electron chi connectivity index (χ4n) is 2.63. The summed E-state index contributed by atoms with van der Waals surface area (Å²) < 4.78 is 0. The summed E-state index contributed by atoms with van der Waals surface area (Å²) in [6.07, 6.45) is 7.29. The second kappa shape index (κ2) is 8.92. The number of hydrogen-bond donors (Lipinski definition) is 1. The van der Waals surface area contributed by atoms with E-state index in [9.17, 15) is 4.79 Å². The molecule has 4 nitrogen and oxygen atoms in total. The summed E-state index contributed by atoms with van der Waals surface area (Å²) >= 11 is 0. The van der Waals surface area contributed by atoms with Crippen molar-refractivity contribution in [2.24, 2.45) is 5.92 Å². The summed E-state index contributed by atoms with van der Waals surface area (Å²) in [4.78, 5) is 14.1. The van der Waals surface area contributed by atoms with Crippen molar-refractivity contribution in [3.8, 4) is 6.07 Å². The van der Waals surface area contributed by atoms with Gasteiger partial charge in [-0.15, -0.1) is 0 Å². The van der Waals surface area contributed by atoms with Gasteiger partial charge >= 0.3 is 0 Å². The Bertz CT molecular complexity index is 303. The van der Waals surface area contributed by atoms with E-state index in [1.54, 1.807) is 0 Å². The Hall–Kier alpha value is -1.08. The van der Waals surface area contributed by atoms with Gasteiger partial charge in [-0.05, 0) is 26.3 Å². The minimum atomic E-state index is -0.0226. The molecule has 1 rings (SSSR count). The van der Waals surface area contributed by atoms with Crippen LogP contribution < -0.4 is 5.32 Å². The van der Waals surface area contributed by atoms with Crippen LogP contribution in [0.3, 0.4) is 0 Å². The predicted octanol–water partition coefficient (Wildman–Crippen LogP) is 2.31. The molecule has 108 valence electrons. The Balaban J connectivity index is 2.33. The first-order valence-corrected chi connectivity index (χ1v) is 7.57. The van der Waals surface area contributed by atoms with E-state index in [4.69, 9.17) is 5.26 Å². The number of nitrogens with zero attached hydrogens (tertiary/aromatic N) is 2. The largest absolute Gasteiger partial charge is 0.352 e. The van der Waals surface area contributed by atoms with Crippen LogP contribution in [0, 0.1) is 17.2 Å². The van der Waals surface area contributed by atoms with Crippen molar-refractivity contribution in [2.45, 2.75) is 58.4 Å². The molecule has 1 amide bonds. The highest BCUT2D eigenvalue weighted by Crippen LogP contribution is 2.17. The molecule has 0 heterocycles. The molecule has 1 saturated carbocycles. The van der Waals surface area contributed by atoms with Crippen molar-refractivity contribution in [2.75, 3.05) is 19.6 Å². The quantitative estimate of drug-likeness (QED) is 0.750. The third kappa shape index (κ3) is 6.58. The molecule has 0 aromatic rings. The number of hydrogen-bond acceptors (Lipinski definition) is 3. The fourth-order valence-corrected chi connectivity index (χ4v) is 2.63. The van der Waals surface area contributed by atoms with Crippen molar-refractivity contribution in [3.63, 3.8) is 0 Å². The van der Waals surface area contributed by atoms with Crippen LogP contribution in [-0.2, 0) is 4.79 Å². The van der Waals surface area contributed by atoms with Gasteiger partial charge in [0.15, 0.2) is 0 Å². The Morgan fingerprint density at radius 1 is 1.37 bits per heavy atom. The van der Waals surface area contributed by atoms with Gasteiger partial charge in [0.25, 0.3) is 0 Å². The third-order valence-corrected chi connectivity index (χ3v) is 3.79. The summed E-state index contributed by atoms with van der Waals surface area (Å²) in [6.45, 7) is 5.82. The fraction of sp³-hybridized carbons (Fsp3) is 0.867. The lowest BCUT2D eigenvalue weighted by Gasteiger charge is -2.23. The van der Waals surface area contributed by atoms with Crippen LogP contribution in [0.1, 0.15) is 52.4 Å². The van der Waals surface area contributed by atoms with Crippen LogP contribution in [0.4, 0.5) is 0 Å². The first-order chi connectivity index (χ1) is 9.15. The molecule has 0 aromatic heterocycles. The van der Waals surface area contributed by atoms with E-state index >= 15 is 0 Å². The Morgan fingerprint density at radius 2 is 2.00 bits per heavy atom. The van der Waals surface area contributed by atoms with E-state index < -0.39 is 0 Å². The molecular formula is C15H27N3O. The second-order valence-electron chi connectivity index (χ2n) is 5.61. The highest BCUT2D eigenvalue weighted by Gasteiger charge is 2.17. The van der Waals surface area contributed by atoms with Gasteiger partial charge in [0.05, 0.1) is 18.5 Å². The number of carbonyl (C=O) groups excluding carboxylic acids is 1. The SMILES string of the molecule is CCN(CC(=O)NC1CCCCCC1)CC(C)C#N. The van der Waals surface area contributed by atoms with Crippen molar-refractivity contribution in [1.29, 1.82) is 5.26 Å². The van der Waals surface area contributed by atoms with E-state index in [1.807, 2.05) is 18.7 Å². The average molecular weight is 265 g/mol. The second-order valence-corrected chi connectivity index (χ2v) is 5.61. The van der Waals surface area contributed by atoms with Gasteiger partial charge in [0, 0.05) is 12.6 Å². The maximum absolute atomic E-state index is 12.0. The van der Waals surface area contributed by atoms with E-state index in [0.29, 0.717) is 19.1 Å². The van der Waals surface area contributed by atoms with Gasteiger partial charge in [0.1, 0.15) is 0 Å². The highest BCUT2D eigenvalue weighted by molar-refractivity contribution is 5.78. The lowest BCUT2D eigenvalue weighted by atomic mass is 10.1. The Kier molecular flexibility index (Phi) is 7.50. The topological polar surface area (TPSA) is 56.1 Å². The summed E-state index contributed by atoms with van der Waals surface area (Å²) in [5, 5.41) is 12.0. The zero-order valence-electron chi connectivity index (χ0n) is 12.3. The zero-order valence-corrected chi connectivity index (χ0v) is 12.3. The summed E-state index contributed by atoms with van der Waals surface area (Å²) in [5.41, 5.74) is 0. The van der Waals surface area contributed by atoms with Crippen molar-refractivity contribution >= 4 is 5.91 Å². The molecule has 0 saturated heterocycles. The molecule has 4 heteroatoms. The minimum absolute atomic E-state index is 0.0226. The maximum atomic E-state index is 12.0. The van der Waals surface area contributed by atoms with Crippen LogP contribution in [0.2, 0.25) is 0 Å². The maximum Gasteiger partial charge on any atom is 0.234 e. The molecule has 1 fully saturated rings. The average Bonchev–Trinajstić information content (AvgIpc) is 2.66. The normalized spacial score (nSPS) is 18.6. The molecule has 0 bridgehead atoms. The van der Waals surface area contributed by atoms with E-state index in [1.165, 1.54) is 25.7 Å². The number of rotatable bonds is 6. The zero-order chi connectivity index (χ0) is 14.1. The molecule has 1 unspecified atom stereocenters. The Labute approximate surface area is 117 Å². The summed E-state index contributed by atoms with van der Waals surface area (Å²) in [6, 6.07) is 2.58. The molecule has 1 atom stereocenters. The monoisotopic (exact) mass is 265 g/mol. The molecule has 1 N–H and O–H groups in total. The van der Waals surface area contributed by atoms with Crippen molar-refractivity contribution in [3.05, 3.63) is 0 Å². The molecular weight excluding hydrogens is 238 g/mol.